The van der Waals surface area contributed by atoms with Crippen molar-refractivity contribution in [3.05, 3.63) is 53.6 Å². The molecule has 0 fully saturated rings. The topological polar surface area (TPSA) is 96.3 Å². The fourth-order valence-electron chi connectivity index (χ4n) is 2.98. The van der Waals surface area contributed by atoms with Crippen molar-refractivity contribution in [2.45, 2.75) is 24.2 Å². The number of benzene rings is 1. The Morgan fingerprint density at radius 2 is 2.00 bits per heavy atom. The summed E-state index contributed by atoms with van der Waals surface area (Å²) >= 11 is 0. The molecule has 1 aliphatic heterocycles. The van der Waals surface area contributed by atoms with Crippen molar-refractivity contribution in [2.75, 3.05) is 12.0 Å². The maximum absolute atomic E-state index is 14.5. The number of nitrogens with one attached hydrogen (secondary N) is 1. The average Bonchev–Trinajstić information content (AvgIpc) is 2.68. The fourth-order valence-corrected chi connectivity index (χ4v) is 2.98. The van der Waals surface area contributed by atoms with Gasteiger partial charge in [0, 0.05) is 29.6 Å². The highest BCUT2D eigenvalue weighted by atomic mass is 19.4. The van der Waals surface area contributed by atoms with Gasteiger partial charge < -0.3 is 15.8 Å². The zero-order chi connectivity index (χ0) is 21.2. The second kappa shape index (κ2) is 7.54. The van der Waals surface area contributed by atoms with Gasteiger partial charge in [0.15, 0.2) is 6.10 Å². The Bertz CT molecular complexity index is 987. The summed E-state index contributed by atoms with van der Waals surface area (Å²) in [7, 11) is 0. The van der Waals surface area contributed by atoms with Gasteiger partial charge in [-0.15, -0.1) is 0 Å². The number of ether oxygens (including phenoxy) is 1. The van der Waals surface area contributed by atoms with Gasteiger partial charge in [-0.05, 0) is 30.3 Å². The van der Waals surface area contributed by atoms with Gasteiger partial charge in [0.2, 0.25) is 0 Å². The zero-order valence-electron chi connectivity index (χ0n) is 14.7. The minimum absolute atomic E-state index is 0.118. The van der Waals surface area contributed by atoms with Crippen LogP contribution < -0.4 is 11.1 Å². The minimum Gasteiger partial charge on any atom is -0.452 e. The van der Waals surface area contributed by atoms with E-state index in [4.69, 9.17) is 11.0 Å². The molecule has 1 aromatic carbocycles. The van der Waals surface area contributed by atoms with E-state index in [0.29, 0.717) is 5.69 Å². The summed E-state index contributed by atoms with van der Waals surface area (Å²) in [6.07, 6.45) is -6.86. The monoisotopic (exact) mass is 411 g/mol. The second-order valence-corrected chi connectivity index (χ2v) is 6.33. The highest BCUT2D eigenvalue weighted by molar-refractivity contribution is 5.73. The van der Waals surface area contributed by atoms with Gasteiger partial charge in [0.1, 0.15) is 29.8 Å². The Labute approximate surface area is 161 Å². The van der Waals surface area contributed by atoms with Crippen molar-refractivity contribution in [2.24, 2.45) is 10.7 Å². The predicted molar refractivity (Wildman–Crippen MR) is 93.5 cm³/mol. The Morgan fingerprint density at radius 1 is 1.28 bits per heavy atom. The smallest absolute Gasteiger partial charge is 0.425 e. The molecule has 0 spiro atoms. The van der Waals surface area contributed by atoms with Crippen molar-refractivity contribution in [3.8, 4) is 6.07 Å². The molecule has 0 saturated carbocycles. The lowest BCUT2D eigenvalue weighted by Crippen LogP contribution is -2.48. The molecule has 2 atom stereocenters. The summed E-state index contributed by atoms with van der Waals surface area (Å²) in [5.74, 6) is -0.944. The maximum Gasteiger partial charge on any atom is 0.425 e. The first-order valence-electron chi connectivity index (χ1n) is 8.25. The molecule has 2 unspecified atom stereocenters. The standard InChI is InChI=1S/C18H14F5N5O/c19-9-17(7-15(18(21,22)23)29-16(25)28-17)13-6-10(1-2-14(13)20)27-11-3-4-26-12(5-11)8-24/h1-6,15H,7,9H2,(H2,25,28)(H,26,27). The van der Waals surface area contributed by atoms with E-state index >= 15 is 0 Å². The summed E-state index contributed by atoms with van der Waals surface area (Å²) in [5.41, 5.74) is 3.53. The summed E-state index contributed by atoms with van der Waals surface area (Å²) < 4.78 is 72.4. The van der Waals surface area contributed by atoms with Gasteiger partial charge in [-0.2, -0.15) is 18.4 Å². The molecule has 1 aliphatic rings. The van der Waals surface area contributed by atoms with Crippen molar-refractivity contribution in [3.63, 3.8) is 0 Å². The number of aliphatic imine (C=N–C) groups is 1. The summed E-state index contributed by atoms with van der Waals surface area (Å²) in [6, 6.07) is 7.36. The molecule has 2 aromatic rings. The molecule has 0 bridgehead atoms. The van der Waals surface area contributed by atoms with E-state index in [1.807, 2.05) is 6.07 Å². The summed E-state index contributed by atoms with van der Waals surface area (Å²) in [5, 5.41) is 11.8. The third-order valence-electron chi connectivity index (χ3n) is 4.33. The van der Waals surface area contributed by atoms with Gasteiger partial charge in [0.05, 0.1) is 0 Å². The number of hydrogen-bond acceptors (Lipinski definition) is 6. The average molecular weight is 411 g/mol. The van der Waals surface area contributed by atoms with Crippen LogP contribution in [0.2, 0.25) is 0 Å². The highest BCUT2D eigenvalue weighted by Gasteiger charge is 2.52. The lowest BCUT2D eigenvalue weighted by Gasteiger charge is -2.36. The lowest BCUT2D eigenvalue weighted by atomic mass is 9.84. The van der Waals surface area contributed by atoms with Crippen LogP contribution >= 0.6 is 0 Å². The van der Waals surface area contributed by atoms with Crippen molar-refractivity contribution >= 4 is 17.4 Å². The molecule has 0 aliphatic carbocycles. The Balaban J connectivity index is 2.01. The molecule has 0 saturated heterocycles. The largest absolute Gasteiger partial charge is 0.452 e. The SMILES string of the molecule is N#Cc1cc(Nc2ccc(F)c(C3(CF)CC(C(F)(F)F)OC(N)=N3)c2)ccn1. The first kappa shape index (κ1) is 20.3. The van der Waals surface area contributed by atoms with Crippen LogP contribution in [0.4, 0.5) is 33.3 Å². The van der Waals surface area contributed by atoms with Crippen LogP contribution in [0.25, 0.3) is 0 Å². The molecule has 1 aromatic heterocycles. The molecule has 0 amide bonds. The van der Waals surface area contributed by atoms with Gasteiger partial charge in [-0.25, -0.2) is 18.8 Å². The Hall–Kier alpha value is -3.42. The molecular formula is C18H14F5N5O. The number of anilines is 2. The van der Waals surface area contributed by atoms with Crippen molar-refractivity contribution < 1.29 is 26.7 Å². The van der Waals surface area contributed by atoms with E-state index in [2.05, 4.69) is 20.0 Å². The minimum atomic E-state index is -4.84. The Kier molecular flexibility index (Phi) is 5.28. The molecule has 152 valence electrons. The van der Waals surface area contributed by atoms with E-state index in [0.717, 1.165) is 12.1 Å². The van der Waals surface area contributed by atoms with Crippen LogP contribution in [0.15, 0.2) is 41.5 Å². The molecule has 3 rings (SSSR count). The number of halogens is 5. The molecule has 2 heterocycles. The fraction of sp³-hybridized carbons (Fsp3) is 0.278. The van der Waals surface area contributed by atoms with E-state index in [9.17, 15) is 22.0 Å². The molecule has 3 N–H and O–H groups in total. The van der Waals surface area contributed by atoms with Crippen LogP contribution in [0.3, 0.4) is 0 Å². The predicted octanol–water partition coefficient (Wildman–Crippen LogP) is 3.67. The van der Waals surface area contributed by atoms with E-state index in [-0.39, 0.29) is 11.4 Å². The van der Waals surface area contributed by atoms with Gasteiger partial charge in [-0.1, -0.05) is 0 Å². The van der Waals surface area contributed by atoms with Crippen molar-refractivity contribution in [1.29, 1.82) is 5.26 Å². The van der Waals surface area contributed by atoms with E-state index in [1.54, 1.807) is 0 Å². The number of nitriles is 1. The molecule has 29 heavy (non-hydrogen) atoms. The number of pyridine rings is 1. The van der Waals surface area contributed by atoms with Crippen LogP contribution in [0, 0.1) is 17.1 Å². The van der Waals surface area contributed by atoms with Gasteiger partial charge >= 0.3 is 6.18 Å². The van der Waals surface area contributed by atoms with Crippen LogP contribution in [0.1, 0.15) is 17.7 Å². The summed E-state index contributed by atoms with van der Waals surface area (Å²) in [6.45, 7) is -1.42. The number of nitrogens with zero attached hydrogens (tertiary/aromatic N) is 3. The number of hydrogen-bond donors (Lipinski definition) is 2. The summed E-state index contributed by atoms with van der Waals surface area (Å²) in [4.78, 5) is 7.48. The van der Waals surface area contributed by atoms with E-state index < -0.39 is 48.3 Å². The third-order valence-corrected chi connectivity index (χ3v) is 4.33. The van der Waals surface area contributed by atoms with Gasteiger partial charge in [0.25, 0.3) is 6.02 Å². The molecular weight excluding hydrogens is 397 g/mol. The first-order chi connectivity index (χ1) is 13.7. The van der Waals surface area contributed by atoms with Crippen LogP contribution in [-0.4, -0.2) is 30.0 Å². The number of nitrogens with two attached hydrogens (primary N) is 1. The van der Waals surface area contributed by atoms with Gasteiger partial charge in [-0.3, -0.25) is 0 Å². The molecule has 11 heteroatoms. The zero-order valence-corrected chi connectivity index (χ0v) is 14.7. The van der Waals surface area contributed by atoms with Crippen molar-refractivity contribution in [1.82, 2.24) is 4.98 Å². The Morgan fingerprint density at radius 3 is 2.66 bits per heavy atom. The van der Waals surface area contributed by atoms with Crippen LogP contribution in [0.5, 0.6) is 0 Å². The quantitative estimate of drug-likeness (QED) is 0.749. The number of rotatable bonds is 4. The second-order valence-electron chi connectivity index (χ2n) is 6.33. The molecule has 6 nitrogen and oxygen atoms in total. The molecule has 0 radical (unpaired) electrons. The van der Waals surface area contributed by atoms with E-state index in [1.165, 1.54) is 24.4 Å². The number of amidine groups is 1. The highest BCUT2D eigenvalue weighted by Crippen LogP contribution is 2.42. The van der Waals surface area contributed by atoms with Crippen LogP contribution in [-0.2, 0) is 10.3 Å². The third kappa shape index (κ3) is 4.21. The maximum atomic E-state index is 14.5. The number of alkyl halides is 4. The normalized spacial score (nSPS) is 21.7. The number of aromatic nitrogens is 1. The first-order valence-corrected chi connectivity index (χ1v) is 8.25. The lowest BCUT2D eigenvalue weighted by molar-refractivity contribution is -0.209.